The van der Waals surface area contributed by atoms with Crippen LogP contribution in [0.1, 0.15) is 16.7 Å². The molecule has 21 heavy (non-hydrogen) atoms. The third kappa shape index (κ3) is 4.72. The van der Waals surface area contributed by atoms with Gasteiger partial charge in [-0.3, -0.25) is 4.79 Å². The van der Waals surface area contributed by atoms with Gasteiger partial charge in [-0.15, -0.1) is 0 Å². The van der Waals surface area contributed by atoms with E-state index < -0.39 is 15.8 Å². The Hall–Kier alpha value is -2.14. The molecule has 0 aliphatic heterocycles. The average Bonchev–Trinajstić information content (AvgIpc) is 2.41. The summed E-state index contributed by atoms with van der Waals surface area (Å²) in [6, 6.07) is 15.7. The first-order chi connectivity index (χ1) is 9.96. The number of sulfone groups is 1. The Morgan fingerprint density at radius 1 is 0.857 bits per heavy atom. The fourth-order valence-electron chi connectivity index (χ4n) is 2.15. The van der Waals surface area contributed by atoms with E-state index in [1.165, 1.54) is 0 Å². The lowest BCUT2D eigenvalue weighted by atomic mass is 10.1. The Labute approximate surface area is 124 Å². The molecule has 0 bridgehead atoms. The fourth-order valence-corrected chi connectivity index (χ4v) is 3.71. The topological polar surface area (TPSA) is 71.4 Å². The Morgan fingerprint density at radius 3 is 2.05 bits per heavy atom. The van der Waals surface area contributed by atoms with Crippen LogP contribution in [0.4, 0.5) is 0 Å². The molecule has 0 aliphatic rings. The molecule has 1 N–H and O–H groups in total. The van der Waals surface area contributed by atoms with E-state index in [4.69, 9.17) is 5.11 Å². The largest absolute Gasteiger partial charge is 0.481 e. The second-order valence-electron chi connectivity index (χ2n) is 4.86. The molecule has 4 nitrogen and oxygen atoms in total. The van der Waals surface area contributed by atoms with Gasteiger partial charge < -0.3 is 5.11 Å². The van der Waals surface area contributed by atoms with E-state index in [1.807, 2.05) is 6.07 Å². The van der Waals surface area contributed by atoms with Crippen LogP contribution in [0.25, 0.3) is 0 Å². The van der Waals surface area contributed by atoms with Gasteiger partial charge in [0.25, 0.3) is 0 Å². The maximum atomic E-state index is 12.3. The minimum absolute atomic E-state index is 0.0464. The molecule has 0 radical (unpaired) electrons. The molecule has 110 valence electrons. The summed E-state index contributed by atoms with van der Waals surface area (Å²) < 4.78 is 24.5. The number of carboxylic acid groups (broad SMARTS) is 1. The lowest BCUT2D eigenvalue weighted by molar-refractivity contribution is -0.136. The SMILES string of the molecule is O=C(O)Cc1ccccc1CS(=O)(=O)Cc1ccccc1. The summed E-state index contributed by atoms with van der Waals surface area (Å²) in [7, 11) is -3.34. The van der Waals surface area contributed by atoms with Crippen molar-refractivity contribution in [2.45, 2.75) is 17.9 Å². The van der Waals surface area contributed by atoms with Crippen molar-refractivity contribution < 1.29 is 18.3 Å². The van der Waals surface area contributed by atoms with Crippen LogP contribution in [-0.4, -0.2) is 19.5 Å². The van der Waals surface area contributed by atoms with Crippen LogP contribution in [0, 0.1) is 0 Å². The highest BCUT2D eigenvalue weighted by Crippen LogP contribution is 2.16. The Bertz CT molecular complexity index is 721. The van der Waals surface area contributed by atoms with E-state index >= 15 is 0 Å². The zero-order valence-corrected chi connectivity index (χ0v) is 12.2. The normalized spacial score (nSPS) is 11.2. The molecule has 0 unspecified atom stereocenters. The summed E-state index contributed by atoms with van der Waals surface area (Å²) in [5, 5.41) is 8.88. The molecular formula is C16H16O4S. The summed E-state index contributed by atoms with van der Waals surface area (Å²) >= 11 is 0. The number of carboxylic acids is 1. The quantitative estimate of drug-likeness (QED) is 0.889. The summed E-state index contributed by atoms with van der Waals surface area (Å²) in [5.41, 5.74) is 1.82. The maximum absolute atomic E-state index is 12.3. The molecule has 0 aromatic heterocycles. The fraction of sp³-hybridized carbons (Fsp3) is 0.188. The molecule has 2 aromatic rings. The van der Waals surface area contributed by atoms with Gasteiger partial charge in [-0.25, -0.2) is 8.42 Å². The van der Waals surface area contributed by atoms with E-state index in [0.717, 1.165) is 5.56 Å². The van der Waals surface area contributed by atoms with E-state index in [0.29, 0.717) is 11.1 Å². The van der Waals surface area contributed by atoms with Gasteiger partial charge in [0.15, 0.2) is 9.84 Å². The molecular weight excluding hydrogens is 288 g/mol. The van der Waals surface area contributed by atoms with Gasteiger partial charge in [0.05, 0.1) is 17.9 Å². The monoisotopic (exact) mass is 304 g/mol. The van der Waals surface area contributed by atoms with Crippen LogP contribution in [0.2, 0.25) is 0 Å². The van der Waals surface area contributed by atoms with Gasteiger partial charge >= 0.3 is 5.97 Å². The van der Waals surface area contributed by atoms with E-state index in [9.17, 15) is 13.2 Å². The van der Waals surface area contributed by atoms with Gasteiger partial charge in [0.1, 0.15) is 0 Å². The maximum Gasteiger partial charge on any atom is 0.307 e. The molecule has 0 saturated carbocycles. The van der Waals surface area contributed by atoms with Crippen LogP contribution in [0.3, 0.4) is 0 Å². The second-order valence-corrected chi connectivity index (χ2v) is 6.92. The lowest BCUT2D eigenvalue weighted by Gasteiger charge is -2.09. The number of aliphatic carboxylic acids is 1. The Balaban J connectivity index is 2.19. The van der Waals surface area contributed by atoms with E-state index in [1.54, 1.807) is 48.5 Å². The first kappa shape index (κ1) is 15.3. The van der Waals surface area contributed by atoms with Crippen molar-refractivity contribution >= 4 is 15.8 Å². The molecule has 0 spiro atoms. The standard InChI is InChI=1S/C16H16O4S/c17-16(18)10-14-8-4-5-9-15(14)12-21(19,20)11-13-6-2-1-3-7-13/h1-9H,10-12H2,(H,17,18). The van der Waals surface area contributed by atoms with Crippen LogP contribution in [-0.2, 0) is 32.6 Å². The molecule has 0 atom stereocenters. The first-order valence-electron chi connectivity index (χ1n) is 6.49. The number of rotatable bonds is 6. The minimum Gasteiger partial charge on any atom is -0.481 e. The van der Waals surface area contributed by atoms with Crippen LogP contribution in [0.5, 0.6) is 0 Å². The van der Waals surface area contributed by atoms with Crippen molar-refractivity contribution in [2.24, 2.45) is 0 Å². The van der Waals surface area contributed by atoms with Crippen LogP contribution in [0.15, 0.2) is 54.6 Å². The van der Waals surface area contributed by atoms with E-state index in [2.05, 4.69) is 0 Å². The number of hydrogen-bond acceptors (Lipinski definition) is 3. The van der Waals surface area contributed by atoms with Gasteiger partial charge in [-0.05, 0) is 16.7 Å². The first-order valence-corrected chi connectivity index (χ1v) is 8.31. The highest BCUT2D eigenvalue weighted by atomic mass is 32.2. The third-order valence-corrected chi connectivity index (χ3v) is 4.59. The molecule has 0 amide bonds. The molecule has 0 aliphatic carbocycles. The highest BCUT2D eigenvalue weighted by Gasteiger charge is 2.16. The minimum atomic E-state index is -3.34. The van der Waals surface area contributed by atoms with Crippen molar-refractivity contribution in [2.75, 3.05) is 0 Å². The number of benzene rings is 2. The van der Waals surface area contributed by atoms with Crippen LogP contribution >= 0.6 is 0 Å². The predicted molar refractivity (Wildman–Crippen MR) is 80.6 cm³/mol. The zero-order valence-electron chi connectivity index (χ0n) is 11.4. The second kappa shape index (κ2) is 6.54. The molecule has 2 rings (SSSR count). The summed E-state index contributed by atoms with van der Waals surface area (Å²) in [6.07, 6.45) is -0.170. The van der Waals surface area contributed by atoms with Gasteiger partial charge in [0, 0.05) is 0 Å². The van der Waals surface area contributed by atoms with Gasteiger partial charge in [-0.1, -0.05) is 54.6 Å². The average molecular weight is 304 g/mol. The van der Waals surface area contributed by atoms with Crippen molar-refractivity contribution in [3.8, 4) is 0 Å². The van der Waals surface area contributed by atoms with Gasteiger partial charge in [-0.2, -0.15) is 0 Å². The summed E-state index contributed by atoms with van der Waals surface area (Å²) in [4.78, 5) is 10.8. The lowest BCUT2D eigenvalue weighted by Crippen LogP contribution is -2.11. The number of carbonyl (C=O) groups is 1. The zero-order chi connectivity index (χ0) is 15.3. The predicted octanol–water partition coefficient (Wildman–Crippen LogP) is 2.43. The molecule has 2 aromatic carbocycles. The Morgan fingerprint density at radius 2 is 1.43 bits per heavy atom. The molecule has 0 fully saturated rings. The van der Waals surface area contributed by atoms with Crippen molar-refractivity contribution in [1.29, 1.82) is 0 Å². The van der Waals surface area contributed by atoms with Crippen LogP contribution < -0.4 is 0 Å². The summed E-state index contributed by atoms with van der Waals surface area (Å²) in [6.45, 7) is 0. The number of hydrogen-bond donors (Lipinski definition) is 1. The van der Waals surface area contributed by atoms with E-state index in [-0.39, 0.29) is 17.9 Å². The van der Waals surface area contributed by atoms with Gasteiger partial charge in [0.2, 0.25) is 0 Å². The highest BCUT2D eigenvalue weighted by molar-refractivity contribution is 7.89. The van der Waals surface area contributed by atoms with Crippen molar-refractivity contribution in [1.82, 2.24) is 0 Å². The summed E-state index contributed by atoms with van der Waals surface area (Å²) in [5.74, 6) is -1.16. The van der Waals surface area contributed by atoms with Crippen molar-refractivity contribution in [3.05, 3.63) is 71.3 Å². The third-order valence-electron chi connectivity index (χ3n) is 3.06. The Kier molecular flexibility index (Phi) is 4.75. The van der Waals surface area contributed by atoms with Crippen molar-refractivity contribution in [3.63, 3.8) is 0 Å². The smallest absolute Gasteiger partial charge is 0.307 e. The molecule has 0 heterocycles. The molecule has 5 heteroatoms. The molecule has 0 saturated heterocycles.